The second-order valence-electron chi connectivity index (χ2n) is 7.49. The van der Waals surface area contributed by atoms with Gasteiger partial charge in [0.25, 0.3) is 0 Å². The number of anilines is 1. The highest BCUT2D eigenvalue weighted by atomic mass is 16.5. The summed E-state index contributed by atoms with van der Waals surface area (Å²) in [5, 5.41) is 3.75. The number of benzene rings is 3. The first kappa shape index (κ1) is 17.4. The minimum Gasteiger partial charge on any atom is -0.491 e. The molecule has 1 atom stereocenters. The predicted molar refractivity (Wildman–Crippen MR) is 113 cm³/mol. The van der Waals surface area contributed by atoms with Crippen LogP contribution in [-0.4, -0.2) is 6.10 Å². The molecule has 0 saturated heterocycles. The number of fused-ring (bicyclic) bond motifs is 1. The molecule has 1 unspecified atom stereocenters. The Labute approximate surface area is 161 Å². The summed E-state index contributed by atoms with van der Waals surface area (Å²) in [6.45, 7) is 6.33. The van der Waals surface area contributed by atoms with Crippen molar-refractivity contribution in [2.45, 2.75) is 32.4 Å². The van der Waals surface area contributed by atoms with Crippen molar-refractivity contribution in [1.82, 2.24) is 0 Å². The van der Waals surface area contributed by atoms with E-state index in [9.17, 15) is 0 Å². The van der Waals surface area contributed by atoms with Gasteiger partial charge in [0.2, 0.25) is 0 Å². The van der Waals surface area contributed by atoms with Crippen LogP contribution in [0, 0.1) is 0 Å². The summed E-state index contributed by atoms with van der Waals surface area (Å²) in [6, 6.07) is 27.5. The molecule has 0 amide bonds. The zero-order valence-corrected chi connectivity index (χ0v) is 16.1. The van der Waals surface area contributed by atoms with Crippen LogP contribution in [0.5, 0.6) is 5.75 Å². The van der Waals surface area contributed by atoms with E-state index in [1.54, 1.807) is 0 Å². The molecule has 0 aromatic heterocycles. The van der Waals surface area contributed by atoms with Crippen LogP contribution in [0.4, 0.5) is 5.69 Å². The molecule has 3 aromatic carbocycles. The van der Waals surface area contributed by atoms with Gasteiger partial charge in [-0.1, -0.05) is 60.7 Å². The van der Waals surface area contributed by atoms with Crippen LogP contribution in [-0.2, 0) is 5.54 Å². The molecule has 4 rings (SSSR count). The number of nitrogens with one attached hydrogen (secondary N) is 1. The molecule has 0 aliphatic carbocycles. The predicted octanol–water partition coefficient (Wildman–Crippen LogP) is 6.25. The first-order valence-corrected chi connectivity index (χ1v) is 9.48. The second kappa shape index (κ2) is 6.96. The highest BCUT2D eigenvalue weighted by molar-refractivity contribution is 5.90. The summed E-state index contributed by atoms with van der Waals surface area (Å²) in [6.07, 6.45) is 2.49. The van der Waals surface area contributed by atoms with Crippen molar-refractivity contribution < 1.29 is 4.74 Å². The van der Waals surface area contributed by atoms with Crippen molar-refractivity contribution in [2.24, 2.45) is 0 Å². The van der Waals surface area contributed by atoms with E-state index in [0.29, 0.717) is 0 Å². The topological polar surface area (TPSA) is 21.3 Å². The van der Waals surface area contributed by atoms with E-state index in [4.69, 9.17) is 4.74 Å². The fourth-order valence-corrected chi connectivity index (χ4v) is 3.69. The molecule has 2 heteroatoms. The van der Waals surface area contributed by atoms with Gasteiger partial charge < -0.3 is 10.1 Å². The maximum atomic E-state index is 5.94. The normalized spacial score (nSPS) is 18.4. The van der Waals surface area contributed by atoms with Gasteiger partial charge in [0, 0.05) is 17.3 Å². The standard InChI is InChI=1S/C25H25NO/c1-18(2)27-21-14-15-22-23(19-10-6-4-7-11-19)17-25(3,26-24(22)16-21)20-12-8-5-9-13-20/h4-18,26H,1-3H3. The Kier molecular flexibility index (Phi) is 4.49. The number of ether oxygens (including phenoxy) is 1. The SMILES string of the molecule is CC(C)Oc1ccc2c(c1)NC(C)(c1ccccc1)C=C2c1ccccc1. The third-order valence-corrected chi connectivity index (χ3v) is 4.94. The molecule has 27 heavy (non-hydrogen) atoms. The molecular formula is C25H25NO. The molecule has 0 radical (unpaired) electrons. The van der Waals surface area contributed by atoms with Gasteiger partial charge in [0.15, 0.2) is 0 Å². The quantitative estimate of drug-likeness (QED) is 0.597. The molecule has 3 aromatic rings. The average molecular weight is 355 g/mol. The smallest absolute Gasteiger partial charge is 0.121 e. The maximum Gasteiger partial charge on any atom is 0.121 e. The molecule has 0 saturated carbocycles. The van der Waals surface area contributed by atoms with E-state index in [2.05, 4.69) is 111 Å². The Balaban J connectivity index is 1.87. The van der Waals surface area contributed by atoms with Crippen LogP contribution >= 0.6 is 0 Å². The van der Waals surface area contributed by atoms with Crippen molar-refractivity contribution in [3.05, 3.63) is 102 Å². The Morgan fingerprint density at radius 3 is 2.19 bits per heavy atom. The average Bonchev–Trinajstić information content (AvgIpc) is 2.68. The summed E-state index contributed by atoms with van der Waals surface area (Å²) in [5.41, 5.74) is 5.70. The zero-order valence-electron chi connectivity index (χ0n) is 16.1. The van der Waals surface area contributed by atoms with Gasteiger partial charge >= 0.3 is 0 Å². The molecule has 1 heterocycles. The molecule has 136 valence electrons. The maximum absolute atomic E-state index is 5.94. The van der Waals surface area contributed by atoms with Gasteiger partial charge in [-0.3, -0.25) is 0 Å². The lowest BCUT2D eigenvalue weighted by molar-refractivity contribution is 0.242. The summed E-state index contributed by atoms with van der Waals surface area (Å²) in [5.74, 6) is 0.890. The summed E-state index contributed by atoms with van der Waals surface area (Å²) >= 11 is 0. The Morgan fingerprint density at radius 2 is 1.52 bits per heavy atom. The third-order valence-electron chi connectivity index (χ3n) is 4.94. The highest BCUT2D eigenvalue weighted by Gasteiger charge is 2.31. The van der Waals surface area contributed by atoms with Crippen molar-refractivity contribution in [2.75, 3.05) is 5.32 Å². The molecule has 0 bridgehead atoms. The van der Waals surface area contributed by atoms with Gasteiger partial charge in [-0.2, -0.15) is 0 Å². The first-order chi connectivity index (χ1) is 13.0. The zero-order chi connectivity index (χ0) is 18.9. The fraction of sp³-hybridized carbons (Fsp3) is 0.200. The van der Waals surface area contributed by atoms with Gasteiger partial charge in [-0.15, -0.1) is 0 Å². The van der Waals surface area contributed by atoms with Crippen LogP contribution < -0.4 is 10.1 Å². The fourth-order valence-electron chi connectivity index (χ4n) is 3.69. The lowest BCUT2D eigenvalue weighted by Gasteiger charge is -2.36. The van der Waals surface area contributed by atoms with E-state index >= 15 is 0 Å². The van der Waals surface area contributed by atoms with Gasteiger partial charge in [-0.25, -0.2) is 0 Å². The molecule has 2 nitrogen and oxygen atoms in total. The van der Waals surface area contributed by atoms with E-state index in [-0.39, 0.29) is 11.6 Å². The van der Waals surface area contributed by atoms with Crippen molar-refractivity contribution >= 4 is 11.3 Å². The monoisotopic (exact) mass is 355 g/mol. The van der Waals surface area contributed by atoms with Crippen molar-refractivity contribution in [3.63, 3.8) is 0 Å². The third kappa shape index (κ3) is 3.48. The summed E-state index contributed by atoms with van der Waals surface area (Å²) in [7, 11) is 0. The van der Waals surface area contributed by atoms with Gasteiger partial charge in [0.1, 0.15) is 5.75 Å². The molecule has 1 N–H and O–H groups in total. The number of rotatable bonds is 4. The largest absolute Gasteiger partial charge is 0.491 e. The van der Waals surface area contributed by atoms with E-state index in [0.717, 1.165) is 11.4 Å². The highest BCUT2D eigenvalue weighted by Crippen LogP contribution is 2.43. The van der Waals surface area contributed by atoms with E-state index in [1.807, 2.05) is 0 Å². The molecule has 0 spiro atoms. The van der Waals surface area contributed by atoms with Crippen molar-refractivity contribution in [3.8, 4) is 5.75 Å². The minimum absolute atomic E-state index is 0.149. The van der Waals surface area contributed by atoms with Crippen LogP contribution in [0.3, 0.4) is 0 Å². The summed E-state index contributed by atoms with van der Waals surface area (Å²) < 4.78 is 5.94. The van der Waals surface area contributed by atoms with Crippen molar-refractivity contribution in [1.29, 1.82) is 0 Å². The van der Waals surface area contributed by atoms with E-state index < -0.39 is 0 Å². The van der Waals surface area contributed by atoms with Crippen LogP contribution in [0.1, 0.15) is 37.5 Å². The Morgan fingerprint density at radius 1 is 0.852 bits per heavy atom. The van der Waals surface area contributed by atoms with Gasteiger partial charge in [-0.05, 0) is 55.7 Å². The van der Waals surface area contributed by atoms with Crippen LogP contribution in [0.15, 0.2) is 84.9 Å². The Hall–Kier alpha value is -3.00. The molecule has 1 aliphatic rings. The van der Waals surface area contributed by atoms with E-state index in [1.165, 1.54) is 22.3 Å². The number of hydrogen-bond donors (Lipinski definition) is 1. The lowest BCUT2D eigenvalue weighted by Crippen LogP contribution is -2.33. The lowest BCUT2D eigenvalue weighted by atomic mass is 9.82. The molecule has 0 fully saturated rings. The minimum atomic E-state index is -0.296. The van der Waals surface area contributed by atoms with Crippen LogP contribution in [0.2, 0.25) is 0 Å². The molecular weight excluding hydrogens is 330 g/mol. The first-order valence-electron chi connectivity index (χ1n) is 9.48. The molecule has 1 aliphatic heterocycles. The summed E-state index contributed by atoms with van der Waals surface area (Å²) in [4.78, 5) is 0. The van der Waals surface area contributed by atoms with Crippen LogP contribution in [0.25, 0.3) is 5.57 Å². The second-order valence-corrected chi connectivity index (χ2v) is 7.49. The Bertz CT molecular complexity index is 960. The number of hydrogen-bond acceptors (Lipinski definition) is 2. The van der Waals surface area contributed by atoms with Gasteiger partial charge in [0.05, 0.1) is 11.6 Å².